The van der Waals surface area contributed by atoms with Crippen molar-refractivity contribution in [2.75, 3.05) is 0 Å². The number of hydrogen-bond donors (Lipinski definition) is 1. The highest BCUT2D eigenvalue weighted by Crippen LogP contribution is 2.10. The summed E-state index contributed by atoms with van der Waals surface area (Å²) in [6.45, 7) is 4.08. The van der Waals surface area contributed by atoms with Gasteiger partial charge in [0.2, 0.25) is 0 Å². The van der Waals surface area contributed by atoms with Crippen LogP contribution < -0.4 is 5.32 Å². The molecule has 2 nitrogen and oxygen atoms in total. The number of nitrogens with zero attached hydrogens (tertiary/aromatic N) is 1. The van der Waals surface area contributed by atoms with Crippen LogP contribution in [0.3, 0.4) is 0 Å². The lowest BCUT2D eigenvalue weighted by atomic mass is 10.1. The Hall–Kier alpha value is -1.23. The first-order valence-corrected chi connectivity index (χ1v) is 3.28. The molecule has 10 heavy (non-hydrogen) atoms. The zero-order valence-electron chi connectivity index (χ0n) is 6.18. The molecule has 1 atom stereocenters. The molecule has 52 valence electrons. The van der Waals surface area contributed by atoms with Gasteiger partial charge in [-0.25, -0.2) is 0 Å². The van der Waals surface area contributed by atoms with Crippen LogP contribution in [0, 0.1) is 11.3 Å². The molecular formula is C8H10N2. The number of hydrogen-bond acceptors (Lipinski definition) is 2. The van der Waals surface area contributed by atoms with Gasteiger partial charge in [-0.2, -0.15) is 5.26 Å². The Balaban J connectivity index is 2.82. The van der Waals surface area contributed by atoms with E-state index >= 15 is 0 Å². The van der Waals surface area contributed by atoms with Crippen LogP contribution in [0.1, 0.15) is 13.8 Å². The smallest absolute Gasteiger partial charge is 0.101 e. The number of dihydropyridines is 1. The number of allylic oxidation sites excluding steroid dienone is 2. The summed E-state index contributed by atoms with van der Waals surface area (Å²) < 4.78 is 0. The molecule has 0 aromatic rings. The minimum Gasteiger partial charge on any atom is -0.384 e. The van der Waals surface area contributed by atoms with Crippen molar-refractivity contribution in [3.8, 4) is 6.07 Å². The number of rotatable bonds is 0. The van der Waals surface area contributed by atoms with E-state index in [1.54, 1.807) is 6.20 Å². The highest BCUT2D eigenvalue weighted by atomic mass is 14.9. The van der Waals surface area contributed by atoms with E-state index < -0.39 is 0 Å². The molecule has 0 aromatic heterocycles. The highest BCUT2D eigenvalue weighted by Gasteiger charge is 2.06. The second-order valence-electron chi connectivity index (χ2n) is 2.49. The van der Waals surface area contributed by atoms with E-state index in [9.17, 15) is 0 Å². The van der Waals surface area contributed by atoms with Crippen molar-refractivity contribution in [1.82, 2.24) is 5.32 Å². The Morgan fingerprint density at radius 1 is 1.70 bits per heavy atom. The van der Waals surface area contributed by atoms with Crippen LogP contribution in [0.4, 0.5) is 0 Å². The van der Waals surface area contributed by atoms with Crippen LogP contribution >= 0.6 is 0 Å². The molecule has 0 spiro atoms. The van der Waals surface area contributed by atoms with Crippen molar-refractivity contribution < 1.29 is 0 Å². The van der Waals surface area contributed by atoms with Crippen LogP contribution in [0.25, 0.3) is 0 Å². The zero-order valence-corrected chi connectivity index (χ0v) is 6.18. The van der Waals surface area contributed by atoms with E-state index in [0.29, 0.717) is 11.6 Å². The maximum absolute atomic E-state index is 8.49. The molecule has 0 bridgehead atoms. The topological polar surface area (TPSA) is 35.8 Å². The van der Waals surface area contributed by atoms with Gasteiger partial charge in [0, 0.05) is 12.2 Å². The summed E-state index contributed by atoms with van der Waals surface area (Å²) in [5.74, 6) is 0. The summed E-state index contributed by atoms with van der Waals surface area (Å²) in [5, 5.41) is 11.6. The molecule has 0 saturated heterocycles. The Bertz CT molecular complexity index is 230. The first-order chi connectivity index (χ1) is 4.74. The van der Waals surface area contributed by atoms with Gasteiger partial charge in [0.15, 0.2) is 0 Å². The van der Waals surface area contributed by atoms with E-state index in [4.69, 9.17) is 5.26 Å². The average Bonchev–Trinajstić information content (AvgIpc) is 1.95. The summed E-state index contributed by atoms with van der Waals surface area (Å²) in [7, 11) is 0. The monoisotopic (exact) mass is 134 g/mol. The molecule has 1 unspecified atom stereocenters. The van der Waals surface area contributed by atoms with Crippen molar-refractivity contribution in [3.63, 3.8) is 0 Å². The van der Waals surface area contributed by atoms with Crippen LogP contribution in [0.5, 0.6) is 0 Å². The molecule has 0 radical (unpaired) electrons. The SMILES string of the molecule is CC1=CC(C#N)=CNC1C. The van der Waals surface area contributed by atoms with Crippen LogP contribution in [0.15, 0.2) is 23.4 Å². The highest BCUT2D eigenvalue weighted by molar-refractivity contribution is 5.38. The maximum Gasteiger partial charge on any atom is 0.101 e. The molecule has 1 N–H and O–H groups in total. The number of nitrogens with one attached hydrogen (secondary N) is 1. The lowest BCUT2D eigenvalue weighted by molar-refractivity contribution is 0.714. The lowest BCUT2D eigenvalue weighted by Gasteiger charge is -2.16. The first-order valence-electron chi connectivity index (χ1n) is 3.28. The average molecular weight is 134 g/mol. The fourth-order valence-electron chi connectivity index (χ4n) is 0.823. The largest absolute Gasteiger partial charge is 0.384 e. The second kappa shape index (κ2) is 2.57. The van der Waals surface area contributed by atoms with Crippen molar-refractivity contribution in [2.45, 2.75) is 19.9 Å². The summed E-state index contributed by atoms with van der Waals surface area (Å²) in [5.41, 5.74) is 1.91. The Morgan fingerprint density at radius 3 is 2.90 bits per heavy atom. The minimum absolute atomic E-state index is 0.372. The number of nitriles is 1. The van der Waals surface area contributed by atoms with E-state index in [2.05, 4.69) is 18.3 Å². The van der Waals surface area contributed by atoms with Crippen LogP contribution in [0.2, 0.25) is 0 Å². The normalized spacial score (nSPS) is 23.9. The summed E-state index contributed by atoms with van der Waals surface area (Å²) >= 11 is 0. The van der Waals surface area contributed by atoms with Gasteiger partial charge in [0.1, 0.15) is 6.07 Å². The maximum atomic E-state index is 8.49. The van der Waals surface area contributed by atoms with E-state index in [1.807, 2.05) is 13.0 Å². The van der Waals surface area contributed by atoms with Gasteiger partial charge in [-0.3, -0.25) is 0 Å². The molecule has 1 aliphatic rings. The molecule has 0 saturated carbocycles. The van der Waals surface area contributed by atoms with Gasteiger partial charge >= 0.3 is 0 Å². The first kappa shape index (κ1) is 6.88. The molecule has 1 heterocycles. The summed E-state index contributed by atoms with van der Waals surface area (Å²) in [4.78, 5) is 0. The standard InChI is InChI=1S/C8H10N2/c1-6-3-8(4-9)5-10-7(6)2/h3,5,7,10H,1-2H3. The van der Waals surface area contributed by atoms with Gasteiger partial charge in [-0.1, -0.05) is 5.57 Å². The van der Waals surface area contributed by atoms with Crippen molar-refractivity contribution in [1.29, 1.82) is 5.26 Å². The lowest BCUT2D eigenvalue weighted by Crippen LogP contribution is -2.24. The molecule has 0 fully saturated rings. The molecule has 0 aromatic carbocycles. The van der Waals surface area contributed by atoms with Gasteiger partial charge < -0.3 is 5.32 Å². The summed E-state index contributed by atoms with van der Waals surface area (Å²) in [6.07, 6.45) is 3.65. The molecule has 1 aliphatic heterocycles. The van der Waals surface area contributed by atoms with Gasteiger partial charge in [0.05, 0.1) is 5.57 Å². The van der Waals surface area contributed by atoms with Crippen molar-refractivity contribution >= 4 is 0 Å². The summed E-state index contributed by atoms with van der Waals surface area (Å²) in [6, 6.07) is 2.45. The predicted molar refractivity (Wildman–Crippen MR) is 40.1 cm³/mol. The third-order valence-electron chi connectivity index (χ3n) is 1.68. The molecular weight excluding hydrogens is 124 g/mol. The van der Waals surface area contributed by atoms with Gasteiger partial charge in [-0.05, 0) is 19.9 Å². The molecule has 0 amide bonds. The second-order valence-corrected chi connectivity index (χ2v) is 2.49. The Morgan fingerprint density at radius 2 is 2.40 bits per heavy atom. The Kier molecular flexibility index (Phi) is 1.77. The zero-order chi connectivity index (χ0) is 7.56. The van der Waals surface area contributed by atoms with Crippen LogP contribution in [-0.2, 0) is 0 Å². The third-order valence-corrected chi connectivity index (χ3v) is 1.68. The molecule has 1 rings (SSSR count). The fraction of sp³-hybridized carbons (Fsp3) is 0.375. The fourth-order valence-corrected chi connectivity index (χ4v) is 0.823. The molecule has 2 heteroatoms. The van der Waals surface area contributed by atoms with E-state index in [-0.39, 0.29) is 0 Å². The van der Waals surface area contributed by atoms with Crippen LogP contribution in [-0.4, -0.2) is 6.04 Å². The van der Waals surface area contributed by atoms with Gasteiger partial charge in [0.25, 0.3) is 0 Å². The van der Waals surface area contributed by atoms with E-state index in [0.717, 1.165) is 0 Å². The predicted octanol–water partition coefficient (Wildman–Crippen LogP) is 1.33. The molecule has 0 aliphatic carbocycles. The Labute approximate surface area is 60.9 Å². The van der Waals surface area contributed by atoms with Gasteiger partial charge in [-0.15, -0.1) is 0 Å². The van der Waals surface area contributed by atoms with Crippen molar-refractivity contribution in [3.05, 3.63) is 23.4 Å². The van der Waals surface area contributed by atoms with E-state index in [1.165, 1.54) is 5.57 Å². The minimum atomic E-state index is 0.372. The third kappa shape index (κ3) is 1.19. The quantitative estimate of drug-likeness (QED) is 0.542. The van der Waals surface area contributed by atoms with Crippen molar-refractivity contribution in [2.24, 2.45) is 0 Å².